The molecule has 1 saturated carbocycles. The molecule has 2 heterocycles. The van der Waals surface area contributed by atoms with Gasteiger partial charge in [0.15, 0.2) is 0 Å². The quantitative estimate of drug-likeness (QED) is 0.266. The molecule has 1 aliphatic rings. The normalized spacial score (nSPS) is 13.6. The molecule has 0 aliphatic heterocycles. The van der Waals surface area contributed by atoms with E-state index in [0.717, 1.165) is 4.88 Å². The summed E-state index contributed by atoms with van der Waals surface area (Å²) in [5, 5.41) is 14.8. The van der Waals surface area contributed by atoms with Crippen LogP contribution in [-0.2, 0) is 4.79 Å². The highest BCUT2D eigenvalue weighted by Crippen LogP contribution is 2.35. The van der Waals surface area contributed by atoms with Crippen molar-refractivity contribution in [1.82, 2.24) is 20.6 Å². The first kappa shape index (κ1) is 28.1. The van der Waals surface area contributed by atoms with Gasteiger partial charge in [-0.25, -0.2) is 4.98 Å². The van der Waals surface area contributed by atoms with E-state index < -0.39 is 11.9 Å². The number of halogens is 1. The van der Waals surface area contributed by atoms with Crippen molar-refractivity contribution in [1.29, 1.82) is 0 Å². The number of carboxylic acids is 1. The van der Waals surface area contributed by atoms with E-state index in [1.807, 2.05) is 12.1 Å². The van der Waals surface area contributed by atoms with Crippen molar-refractivity contribution < 1.29 is 29.0 Å². The minimum absolute atomic E-state index is 0.0222. The van der Waals surface area contributed by atoms with E-state index in [1.54, 1.807) is 31.3 Å². The zero-order valence-corrected chi connectivity index (χ0v) is 22.6. The molecule has 12 heteroatoms. The summed E-state index contributed by atoms with van der Waals surface area (Å²) < 4.78 is 11.6. The van der Waals surface area contributed by atoms with Gasteiger partial charge in [0, 0.05) is 36.6 Å². The highest BCUT2D eigenvalue weighted by molar-refractivity contribution is 7.14. The lowest BCUT2D eigenvalue weighted by molar-refractivity contribution is -0.136. The van der Waals surface area contributed by atoms with Crippen molar-refractivity contribution in [2.45, 2.75) is 32.2 Å². The lowest BCUT2D eigenvalue weighted by Crippen LogP contribution is -2.31. The molecule has 4 rings (SSSR count). The summed E-state index contributed by atoms with van der Waals surface area (Å²) >= 11 is 7.67. The van der Waals surface area contributed by atoms with E-state index in [4.69, 9.17) is 26.2 Å². The van der Waals surface area contributed by atoms with Crippen molar-refractivity contribution in [3.05, 3.63) is 70.0 Å². The summed E-state index contributed by atoms with van der Waals surface area (Å²) in [6.07, 6.45) is 8.84. The Labute approximate surface area is 234 Å². The number of hydrogen-bond acceptors (Lipinski definition) is 8. The zero-order valence-electron chi connectivity index (χ0n) is 21.1. The lowest BCUT2D eigenvalue weighted by Gasteiger charge is -2.10. The number of aliphatic carboxylic acids is 1. The molecular formula is C27H27ClN4O6S. The maximum atomic E-state index is 12.7. The molecule has 0 bridgehead atoms. The number of hydrogen-bond donors (Lipinski definition) is 3. The summed E-state index contributed by atoms with van der Waals surface area (Å²) in [5.74, 6) is -0.127. The van der Waals surface area contributed by atoms with Gasteiger partial charge in [-0.1, -0.05) is 29.0 Å². The van der Waals surface area contributed by atoms with Gasteiger partial charge in [-0.15, -0.1) is 0 Å². The predicted molar refractivity (Wildman–Crippen MR) is 147 cm³/mol. The molecule has 39 heavy (non-hydrogen) atoms. The first-order valence-electron chi connectivity index (χ1n) is 12.3. The van der Waals surface area contributed by atoms with Gasteiger partial charge in [0.25, 0.3) is 17.0 Å². The van der Waals surface area contributed by atoms with Gasteiger partial charge in [-0.3, -0.25) is 19.4 Å². The van der Waals surface area contributed by atoms with Crippen LogP contribution in [0, 0.1) is 5.92 Å². The number of carboxylic acid groups (broad SMARTS) is 1. The van der Waals surface area contributed by atoms with E-state index in [2.05, 4.69) is 20.6 Å². The molecule has 0 saturated heterocycles. The third-order valence-corrected chi connectivity index (χ3v) is 6.71. The molecule has 0 radical (unpaired) electrons. The third kappa shape index (κ3) is 8.79. The van der Waals surface area contributed by atoms with Crippen LogP contribution in [0.1, 0.15) is 51.9 Å². The Morgan fingerprint density at radius 1 is 1.21 bits per heavy atom. The molecule has 10 nitrogen and oxygen atoms in total. The molecule has 3 aromatic rings. The summed E-state index contributed by atoms with van der Waals surface area (Å²) in [7, 11) is 0. The molecule has 2 aromatic heterocycles. The van der Waals surface area contributed by atoms with Crippen molar-refractivity contribution in [2.24, 2.45) is 5.92 Å². The molecule has 0 spiro atoms. The molecule has 204 valence electrons. The smallest absolute Gasteiger partial charge is 0.305 e. The SMILES string of the molecule is C[C@@H](/C=C/c1cnc(Oc2ccc(OCC3CC3)cc2Cl)s1)NC(=O)c1ccnc(C(=O)NCCC(=O)O)c1. The summed E-state index contributed by atoms with van der Waals surface area (Å²) in [6, 6.07) is 7.82. The van der Waals surface area contributed by atoms with Gasteiger partial charge in [-0.05, 0) is 56.0 Å². The van der Waals surface area contributed by atoms with Crippen LogP contribution in [-0.4, -0.2) is 52.1 Å². The number of carbonyl (C=O) groups is 3. The number of carbonyl (C=O) groups excluding carboxylic acids is 2. The second-order valence-electron chi connectivity index (χ2n) is 8.93. The standard InChI is InChI=1S/C27H27ClN4O6S/c1-16(32-25(35)18-8-10-29-22(12-18)26(36)30-11-9-24(33)34)2-6-20-14-31-27(39-20)38-23-7-5-19(13-21(23)28)37-15-17-3-4-17/h2,5-8,10,12-14,16-17H,3-4,9,11,15H2,1H3,(H,30,36)(H,32,35)(H,33,34)/b6-2+/t16-/m0/s1. The summed E-state index contributed by atoms with van der Waals surface area (Å²) in [5.41, 5.74) is 0.275. The Bertz CT molecular complexity index is 1370. The Morgan fingerprint density at radius 2 is 2.03 bits per heavy atom. The Hall–Kier alpha value is -3.96. The molecule has 3 N–H and O–H groups in total. The highest BCUT2D eigenvalue weighted by atomic mass is 35.5. The number of amides is 2. The van der Waals surface area contributed by atoms with E-state index >= 15 is 0 Å². The van der Waals surface area contributed by atoms with E-state index in [0.29, 0.717) is 34.2 Å². The van der Waals surface area contributed by atoms with Crippen LogP contribution in [0.4, 0.5) is 0 Å². The number of ether oxygens (including phenoxy) is 2. The number of benzene rings is 1. The number of rotatable bonds is 13. The second kappa shape index (κ2) is 13.2. The monoisotopic (exact) mass is 570 g/mol. The van der Waals surface area contributed by atoms with Crippen LogP contribution in [0.5, 0.6) is 16.7 Å². The molecular weight excluding hydrogens is 544 g/mol. The number of nitrogens with one attached hydrogen (secondary N) is 2. The topological polar surface area (TPSA) is 140 Å². The fraction of sp³-hybridized carbons (Fsp3) is 0.296. The number of aromatic nitrogens is 2. The first-order chi connectivity index (χ1) is 18.8. The molecule has 2 amide bonds. The van der Waals surface area contributed by atoms with Crippen molar-refractivity contribution in [2.75, 3.05) is 13.2 Å². The maximum Gasteiger partial charge on any atom is 0.305 e. The van der Waals surface area contributed by atoms with Crippen molar-refractivity contribution >= 4 is 46.8 Å². The fourth-order valence-corrected chi connectivity index (χ4v) is 4.19. The summed E-state index contributed by atoms with van der Waals surface area (Å²) in [4.78, 5) is 44.4. The van der Waals surface area contributed by atoms with Crippen molar-refractivity contribution in [3.63, 3.8) is 0 Å². The van der Waals surface area contributed by atoms with Gasteiger partial charge in [0.05, 0.1) is 22.9 Å². The number of thiazole rings is 1. The highest BCUT2D eigenvalue weighted by Gasteiger charge is 2.22. The minimum atomic E-state index is -1.02. The van der Waals surface area contributed by atoms with E-state index in [1.165, 1.54) is 42.5 Å². The molecule has 1 aromatic carbocycles. The van der Waals surface area contributed by atoms with Crippen LogP contribution >= 0.6 is 22.9 Å². The summed E-state index contributed by atoms with van der Waals surface area (Å²) in [6.45, 7) is 2.47. The van der Waals surface area contributed by atoms with Crippen molar-refractivity contribution in [3.8, 4) is 16.7 Å². The Morgan fingerprint density at radius 3 is 2.77 bits per heavy atom. The van der Waals surface area contributed by atoms with Gasteiger partial charge >= 0.3 is 5.97 Å². The van der Waals surface area contributed by atoms with Crippen LogP contribution in [0.25, 0.3) is 6.08 Å². The average molecular weight is 571 g/mol. The van der Waals surface area contributed by atoms with Crippen LogP contribution < -0.4 is 20.1 Å². The van der Waals surface area contributed by atoms with E-state index in [9.17, 15) is 14.4 Å². The third-order valence-electron chi connectivity index (χ3n) is 5.57. The molecule has 1 atom stereocenters. The lowest BCUT2D eigenvalue weighted by atomic mass is 10.2. The number of pyridine rings is 1. The largest absolute Gasteiger partial charge is 0.493 e. The Balaban J connectivity index is 1.28. The molecule has 0 unspecified atom stereocenters. The molecule has 1 aliphatic carbocycles. The predicted octanol–water partition coefficient (Wildman–Crippen LogP) is 4.81. The zero-order chi connectivity index (χ0) is 27.8. The van der Waals surface area contributed by atoms with Crippen LogP contribution in [0.3, 0.4) is 0 Å². The average Bonchev–Trinajstić information content (AvgIpc) is 3.64. The van der Waals surface area contributed by atoms with Crippen LogP contribution in [0.15, 0.2) is 48.8 Å². The Kier molecular flexibility index (Phi) is 9.50. The minimum Gasteiger partial charge on any atom is -0.493 e. The van der Waals surface area contributed by atoms with Gasteiger partial charge in [0.1, 0.15) is 17.2 Å². The van der Waals surface area contributed by atoms with Gasteiger partial charge < -0.3 is 25.2 Å². The van der Waals surface area contributed by atoms with Gasteiger partial charge in [0.2, 0.25) is 0 Å². The fourth-order valence-electron chi connectivity index (χ4n) is 3.29. The van der Waals surface area contributed by atoms with E-state index in [-0.39, 0.29) is 36.2 Å². The molecule has 1 fully saturated rings. The maximum absolute atomic E-state index is 12.7. The van der Waals surface area contributed by atoms with Gasteiger partial charge in [-0.2, -0.15) is 0 Å². The second-order valence-corrected chi connectivity index (χ2v) is 10.4. The number of nitrogens with zero attached hydrogens (tertiary/aromatic N) is 2. The first-order valence-corrected chi connectivity index (χ1v) is 13.5. The van der Waals surface area contributed by atoms with Crippen LogP contribution in [0.2, 0.25) is 5.02 Å².